The summed E-state index contributed by atoms with van der Waals surface area (Å²) < 4.78 is 47.0. The average molecular weight is 575 g/mol. The molecule has 1 aliphatic rings. The van der Waals surface area contributed by atoms with E-state index in [4.69, 9.17) is 32.9 Å². The van der Waals surface area contributed by atoms with Crippen molar-refractivity contribution in [3.63, 3.8) is 0 Å². The number of hydrogen-bond donors (Lipinski definition) is 2. The highest BCUT2D eigenvalue weighted by molar-refractivity contribution is 6.33. The molecule has 3 heterocycles. The minimum Gasteiger partial charge on any atom is -0.471 e. The van der Waals surface area contributed by atoms with Gasteiger partial charge in [-0.15, -0.1) is 0 Å². The zero-order chi connectivity index (χ0) is 28.1. The van der Waals surface area contributed by atoms with E-state index in [2.05, 4.69) is 15.5 Å². The minimum atomic E-state index is -4.58. The molecule has 1 atom stereocenters. The number of hydrogen-bond acceptors (Lipinski definition) is 4. The number of amides is 1. The lowest BCUT2D eigenvalue weighted by molar-refractivity contribution is -0.137. The summed E-state index contributed by atoms with van der Waals surface area (Å²) in [6.45, 7) is 5.48. The first-order chi connectivity index (χ1) is 18.3. The average Bonchev–Trinajstić information content (AvgIpc) is 3.29. The zero-order valence-electron chi connectivity index (χ0n) is 21.1. The molecule has 11 heteroatoms. The number of halogens is 5. The molecule has 1 amide bonds. The Kier molecular flexibility index (Phi) is 6.84. The van der Waals surface area contributed by atoms with Gasteiger partial charge in [0, 0.05) is 33.8 Å². The SMILES string of the molecule is Cc1cc(C(=O)NC2CC(C)(C)Oc3nc(-c4cc(C(F)(F)F)ccc4Cl)c(-c4ccc(Cl)cc4)cc32)n[nH]1. The van der Waals surface area contributed by atoms with Crippen LogP contribution in [0.2, 0.25) is 10.0 Å². The molecule has 202 valence electrons. The molecule has 0 bridgehead atoms. The summed E-state index contributed by atoms with van der Waals surface area (Å²) in [5.41, 5.74) is 1.41. The van der Waals surface area contributed by atoms with Crippen molar-refractivity contribution < 1.29 is 22.7 Å². The lowest BCUT2D eigenvalue weighted by atomic mass is 9.88. The Morgan fingerprint density at radius 2 is 1.79 bits per heavy atom. The summed E-state index contributed by atoms with van der Waals surface area (Å²) in [7, 11) is 0. The van der Waals surface area contributed by atoms with E-state index in [0.717, 1.165) is 17.8 Å². The molecule has 0 spiro atoms. The van der Waals surface area contributed by atoms with Gasteiger partial charge >= 0.3 is 6.18 Å². The highest BCUT2D eigenvalue weighted by Gasteiger charge is 2.38. The number of aromatic amines is 1. The number of aromatic nitrogens is 3. The molecule has 0 aliphatic carbocycles. The first kappa shape index (κ1) is 27.0. The van der Waals surface area contributed by atoms with Gasteiger partial charge in [0.15, 0.2) is 0 Å². The Morgan fingerprint density at radius 1 is 1.08 bits per heavy atom. The lowest BCUT2D eigenvalue weighted by Crippen LogP contribution is -2.41. The molecule has 5 rings (SSSR count). The Morgan fingerprint density at radius 3 is 2.44 bits per heavy atom. The van der Waals surface area contributed by atoms with Crippen molar-refractivity contribution in [2.75, 3.05) is 0 Å². The van der Waals surface area contributed by atoms with Crippen molar-refractivity contribution in [1.29, 1.82) is 0 Å². The van der Waals surface area contributed by atoms with Gasteiger partial charge < -0.3 is 10.1 Å². The predicted molar refractivity (Wildman–Crippen MR) is 143 cm³/mol. The van der Waals surface area contributed by atoms with Crippen molar-refractivity contribution in [1.82, 2.24) is 20.5 Å². The van der Waals surface area contributed by atoms with Crippen molar-refractivity contribution in [3.05, 3.63) is 87.2 Å². The van der Waals surface area contributed by atoms with Gasteiger partial charge in [-0.1, -0.05) is 35.3 Å². The second kappa shape index (κ2) is 9.88. The molecular formula is C28H23Cl2F3N4O2. The maximum absolute atomic E-state index is 13.6. The fourth-order valence-electron chi connectivity index (χ4n) is 4.58. The van der Waals surface area contributed by atoms with Gasteiger partial charge in [-0.05, 0) is 68.8 Å². The first-order valence-corrected chi connectivity index (χ1v) is 12.8. The molecule has 1 aliphatic heterocycles. The summed E-state index contributed by atoms with van der Waals surface area (Å²) in [4.78, 5) is 17.7. The predicted octanol–water partition coefficient (Wildman–Crippen LogP) is 7.80. The summed E-state index contributed by atoms with van der Waals surface area (Å²) in [5.74, 6) is -0.193. The van der Waals surface area contributed by atoms with Crippen LogP contribution in [-0.2, 0) is 6.18 Å². The molecule has 2 aromatic carbocycles. The van der Waals surface area contributed by atoms with Gasteiger partial charge in [-0.3, -0.25) is 9.89 Å². The topological polar surface area (TPSA) is 79.9 Å². The number of fused-ring (bicyclic) bond motifs is 1. The number of H-pyrrole nitrogens is 1. The standard InChI is InChI=1S/C28H23Cl2F3N4O2/c1-14-10-22(37-36-14)25(38)34-23-13-27(2,3)39-26-20(23)12-18(15-4-7-17(29)8-5-15)24(35-26)19-11-16(28(31,32)33)6-9-21(19)30/h4-12,23H,13H2,1-3H3,(H,34,38)(H,36,37). The van der Waals surface area contributed by atoms with E-state index in [1.165, 1.54) is 6.07 Å². The molecule has 0 saturated heterocycles. The van der Waals surface area contributed by atoms with Crippen LogP contribution in [0.1, 0.15) is 53.6 Å². The van der Waals surface area contributed by atoms with E-state index in [0.29, 0.717) is 28.1 Å². The van der Waals surface area contributed by atoms with Crippen LogP contribution in [0, 0.1) is 6.92 Å². The number of pyridine rings is 1. The number of alkyl halides is 3. The molecule has 2 N–H and O–H groups in total. The third-order valence-electron chi connectivity index (χ3n) is 6.41. The summed E-state index contributed by atoms with van der Waals surface area (Å²) in [6, 6.07) is 12.8. The van der Waals surface area contributed by atoms with Crippen molar-refractivity contribution in [3.8, 4) is 28.3 Å². The summed E-state index contributed by atoms with van der Waals surface area (Å²) in [6.07, 6.45) is -4.16. The van der Waals surface area contributed by atoms with Crippen molar-refractivity contribution in [2.24, 2.45) is 0 Å². The number of nitrogens with zero attached hydrogens (tertiary/aromatic N) is 2. The van der Waals surface area contributed by atoms with Gasteiger partial charge in [0.2, 0.25) is 5.88 Å². The molecule has 2 aromatic heterocycles. The Balaban J connectivity index is 1.69. The van der Waals surface area contributed by atoms with Crippen molar-refractivity contribution >= 4 is 29.1 Å². The van der Waals surface area contributed by atoms with Crippen LogP contribution in [-0.4, -0.2) is 26.7 Å². The van der Waals surface area contributed by atoms with Crippen LogP contribution >= 0.6 is 23.2 Å². The number of rotatable bonds is 4. The van der Waals surface area contributed by atoms with Gasteiger partial charge in [0.05, 0.1) is 22.3 Å². The molecular weight excluding hydrogens is 552 g/mol. The fraction of sp³-hybridized carbons (Fsp3) is 0.250. The van der Waals surface area contributed by atoms with Crippen LogP contribution in [0.4, 0.5) is 13.2 Å². The number of carbonyl (C=O) groups excluding carboxylic acids is 1. The largest absolute Gasteiger partial charge is 0.471 e. The van der Waals surface area contributed by atoms with Crippen LogP contribution in [0.5, 0.6) is 5.88 Å². The van der Waals surface area contributed by atoms with E-state index >= 15 is 0 Å². The van der Waals surface area contributed by atoms with Gasteiger partial charge in [0.25, 0.3) is 5.91 Å². The van der Waals surface area contributed by atoms with Gasteiger partial charge in [-0.25, -0.2) is 4.98 Å². The van der Waals surface area contributed by atoms with E-state index in [-0.39, 0.29) is 33.8 Å². The molecule has 1 unspecified atom stereocenters. The minimum absolute atomic E-state index is 0.0961. The molecule has 6 nitrogen and oxygen atoms in total. The first-order valence-electron chi connectivity index (χ1n) is 12.0. The second-order valence-electron chi connectivity index (χ2n) is 10.0. The van der Waals surface area contributed by atoms with Crippen LogP contribution in [0.3, 0.4) is 0 Å². The highest BCUT2D eigenvalue weighted by Crippen LogP contribution is 2.45. The normalized spacial score (nSPS) is 16.4. The summed E-state index contributed by atoms with van der Waals surface area (Å²) >= 11 is 12.5. The number of aryl methyl sites for hydroxylation is 1. The quantitative estimate of drug-likeness (QED) is 0.260. The van der Waals surface area contributed by atoms with Gasteiger partial charge in [0.1, 0.15) is 11.3 Å². The monoisotopic (exact) mass is 574 g/mol. The number of nitrogens with one attached hydrogen (secondary N) is 2. The zero-order valence-corrected chi connectivity index (χ0v) is 22.6. The molecule has 0 saturated carbocycles. The molecule has 0 radical (unpaired) electrons. The van der Waals surface area contributed by atoms with Gasteiger partial charge in [-0.2, -0.15) is 18.3 Å². The Hall–Kier alpha value is -3.56. The smallest absolute Gasteiger partial charge is 0.416 e. The number of ether oxygens (including phenoxy) is 1. The number of benzene rings is 2. The maximum atomic E-state index is 13.6. The van der Waals surface area contributed by atoms with E-state index in [1.807, 2.05) is 13.8 Å². The van der Waals surface area contributed by atoms with Crippen LogP contribution in [0.25, 0.3) is 22.4 Å². The fourth-order valence-corrected chi connectivity index (χ4v) is 4.91. The Bertz CT molecular complexity index is 1570. The van der Waals surface area contributed by atoms with E-state index in [1.54, 1.807) is 43.3 Å². The third kappa shape index (κ3) is 5.60. The summed E-state index contributed by atoms with van der Waals surface area (Å²) in [5, 5.41) is 10.4. The van der Waals surface area contributed by atoms with E-state index in [9.17, 15) is 18.0 Å². The van der Waals surface area contributed by atoms with Crippen molar-refractivity contribution in [2.45, 2.75) is 45.0 Å². The lowest BCUT2D eigenvalue weighted by Gasteiger charge is -2.37. The molecule has 39 heavy (non-hydrogen) atoms. The van der Waals surface area contributed by atoms with E-state index < -0.39 is 23.4 Å². The molecule has 0 fully saturated rings. The number of carbonyl (C=O) groups is 1. The molecule has 4 aromatic rings. The second-order valence-corrected chi connectivity index (χ2v) is 10.8. The van der Waals surface area contributed by atoms with Crippen LogP contribution < -0.4 is 10.1 Å². The maximum Gasteiger partial charge on any atom is 0.416 e. The van der Waals surface area contributed by atoms with Crippen LogP contribution in [0.15, 0.2) is 54.6 Å². The Labute approximate surface area is 232 Å². The highest BCUT2D eigenvalue weighted by atomic mass is 35.5. The third-order valence-corrected chi connectivity index (χ3v) is 6.99.